The van der Waals surface area contributed by atoms with Gasteiger partial charge in [0.25, 0.3) is 0 Å². The van der Waals surface area contributed by atoms with Gasteiger partial charge < -0.3 is 9.84 Å². The summed E-state index contributed by atoms with van der Waals surface area (Å²) in [5.41, 5.74) is 1.40. The molecule has 19 heavy (non-hydrogen) atoms. The minimum atomic E-state index is -0.781. The predicted octanol–water partition coefficient (Wildman–Crippen LogP) is 4.85. The number of ether oxygens (including phenoxy) is 1. The molecule has 0 saturated heterocycles. The molecule has 1 unspecified atom stereocenters. The molecule has 2 aromatic rings. The molecule has 0 aliphatic heterocycles. The number of aliphatic hydroxyl groups excluding tert-OH is 1. The Labute approximate surface area is 130 Å². The molecule has 0 bridgehead atoms. The summed E-state index contributed by atoms with van der Waals surface area (Å²) in [4.78, 5) is 0. The highest BCUT2D eigenvalue weighted by Crippen LogP contribution is 2.32. The molecule has 0 saturated carbocycles. The summed E-state index contributed by atoms with van der Waals surface area (Å²) in [6, 6.07) is 10.5. The van der Waals surface area contributed by atoms with Crippen LogP contribution in [0.5, 0.6) is 5.75 Å². The topological polar surface area (TPSA) is 29.5 Å². The first-order valence-corrected chi connectivity index (χ1v) is 7.04. The van der Waals surface area contributed by atoms with Crippen molar-refractivity contribution in [1.29, 1.82) is 0 Å². The Morgan fingerprint density at radius 1 is 1.05 bits per heavy atom. The van der Waals surface area contributed by atoms with E-state index in [1.807, 2.05) is 6.07 Å². The average Bonchev–Trinajstić information content (AvgIpc) is 2.41. The lowest BCUT2D eigenvalue weighted by Gasteiger charge is -2.14. The average molecular weight is 362 g/mol. The van der Waals surface area contributed by atoms with Crippen LogP contribution in [0.15, 0.2) is 40.9 Å². The third kappa shape index (κ3) is 3.23. The van der Waals surface area contributed by atoms with Gasteiger partial charge in [-0.25, -0.2) is 0 Å². The molecular weight excluding hydrogens is 351 g/mol. The largest absolute Gasteiger partial charge is 0.495 e. The molecule has 5 heteroatoms. The molecule has 0 heterocycles. The number of methoxy groups -OCH3 is 1. The highest BCUT2D eigenvalue weighted by molar-refractivity contribution is 9.10. The van der Waals surface area contributed by atoms with Crippen LogP contribution in [0.1, 0.15) is 17.2 Å². The summed E-state index contributed by atoms with van der Waals surface area (Å²) in [7, 11) is 1.54. The van der Waals surface area contributed by atoms with Crippen molar-refractivity contribution in [2.24, 2.45) is 0 Å². The number of benzene rings is 2. The lowest BCUT2D eigenvalue weighted by Crippen LogP contribution is -2.00. The van der Waals surface area contributed by atoms with Crippen LogP contribution in [-0.4, -0.2) is 12.2 Å². The Balaban J connectivity index is 2.37. The van der Waals surface area contributed by atoms with Gasteiger partial charge >= 0.3 is 0 Å². The lowest BCUT2D eigenvalue weighted by molar-refractivity contribution is 0.220. The first-order chi connectivity index (χ1) is 9.02. The molecule has 2 rings (SSSR count). The van der Waals surface area contributed by atoms with Crippen molar-refractivity contribution in [2.75, 3.05) is 7.11 Å². The van der Waals surface area contributed by atoms with Crippen molar-refractivity contribution in [1.82, 2.24) is 0 Å². The van der Waals surface area contributed by atoms with E-state index in [4.69, 9.17) is 27.9 Å². The Morgan fingerprint density at radius 3 is 2.32 bits per heavy atom. The molecule has 0 aliphatic carbocycles. The highest BCUT2D eigenvalue weighted by atomic mass is 79.9. The van der Waals surface area contributed by atoms with E-state index in [2.05, 4.69) is 15.9 Å². The van der Waals surface area contributed by atoms with Gasteiger partial charge in [0, 0.05) is 4.47 Å². The zero-order valence-corrected chi connectivity index (χ0v) is 13.1. The zero-order chi connectivity index (χ0) is 14.0. The zero-order valence-electron chi connectivity index (χ0n) is 10.0. The first kappa shape index (κ1) is 14.7. The van der Waals surface area contributed by atoms with Gasteiger partial charge in [0.05, 0.1) is 17.2 Å². The van der Waals surface area contributed by atoms with Crippen molar-refractivity contribution in [3.8, 4) is 5.75 Å². The molecule has 0 aromatic heterocycles. The van der Waals surface area contributed by atoms with Crippen LogP contribution in [-0.2, 0) is 0 Å². The fourth-order valence-corrected chi connectivity index (χ4v) is 2.35. The SMILES string of the molecule is COc1cc(C(O)c2ccc(Br)c(Cl)c2)ccc1Cl. The van der Waals surface area contributed by atoms with E-state index in [-0.39, 0.29) is 0 Å². The van der Waals surface area contributed by atoms with Crippen molar-refractivity contribution >= 4 is 39.1 Å². The number of rotatable bonds is 3. The molecule has 0 spiro atoms. The van der Waals surface area contributed by atoms with Gasteiger partial charge in [0.15, 0.2) is 0 Å². The van der Waals surface area contributed by atoms with E-state index in [1.54, 1.807) is 30.3 Å². The number of hydrogen-bond acceptors (Lipinski definition) is 2. The molecular formula is C14H11BrCl2O2. The second-order valence-corrected chi connectivity index (χ2v) is 5.64. The monoisotopic (exact) mass is 360 g/mol. The smallest absolute Gasteiger partial charge is 0.137 e. The van der Waals surface area contributed by atoms with Crippen LogP contribution in [0, 0.1) is 0 Å². The maximum absolute atomic E-state index is 10.3. The number of aliphatic hydroxyl groups is 1. The van der Waals surface area contributed by atoms with Gasteiger partial charge in [0.1, 0.15) is 11.9 Å². The van der Waals surface area contributed by atoms with E-state index < -0.39 is 6.10 Å². The van der Waals surface area contributed by atoms with Crippen molar-refractivity contribution in [3.05, 3.63) is 62.0 Å². The minimum Gasteiger partial charge on any atom is -0.495 e. The summed E-state index contributed by atoms with van der Waals surface area (Å²) in [6.45, 7) is 0. The molecule has 0 aliphatic rings. The van der Waals surface area contributed by atoms with Gasteiger partial charge in [-0.05, 0) is 51.3 Å². The highest BCUT2D eigenvalue weighted by Gasteiger charge is 2.14. The van der Waals surface area contributed by atoms with Crippen LogP contribution in [0.4, 0.5) is 0 Å². The fourth-order valence-electron chi connectivity index (χ4n) is 1.72. The van der Waals surface area contributed by atoms with Gasteiger partial charge in [-0.2, -0.15) is 0 Å². The third-order valence-electron chi connectivity index (χ3n) is 2.75. The maximum atomic E-state index is 10.3. The van der Waals surface area contributed by atoms with E-state index in [9.17, 15) is 5.11 Å². The van der Waals surface area contributed by atoms with Gasteiger partial charge in [-0.3, -0.25) is 0 Å². The summed E-state index contributed by atoms with van der Waals surface area (Å²) in [5, 5.41) is 11.4. The van der Waals surface area contributed by atoms with Gasteiger partial charge in [0.2, 0.25) is 0 Å². The Morgan fingerprint density at radius 2 is 1.68 bits per heavy atom. The number of halogens is 3. The molecule has 2 aromatic carbocycles. The standard InChI is InChI=1S/C14H11BrCl2O2/c1-19-13-7-9(3-5-11(13)16)14(18)8-2-4-10(15)12(17)6-8/h2-7,14,18H,1H3. The Kier molecular flexibility index (Phi) is 4.74. The van der Waals surface area contributed by atoms with E-state index in [0.29, 0.717) is 26.9 Å². The summed E-state index contributed by atoms with van der Waals surface area (Å²) in [6.07, 6.45) is -0.781. The van der Waals surface area contributed by atoms with Crippen LogP contribution < -0.4 is 4.74 Å². The molecule has 0 radical (unpaired) electrons. The number of hydrogen-bond donors (Lipinski definition) is 1. The summed E-state index contributed by atoms with van der Waals surface area (Å²) in [5.74, 6) is 0.529. The van der Waals surface area contributed by atoms with Gasteiger partial charge in [-0.1, -0.05) is 35.3 Å². The summed E-state index contributed by atoms with van der Waals surface area (Å²) >= 11 is 15.3. The maximum Gasteiger partial charge on any atom is 0.137 e. The Hall–Kier alpha value is -0.740. The van der Waals surface area contributed by atoms with Crippen LogP contribution in [0.3, 0.4) is 0 Å². The minimum absolute atomic E-state index is 0.507. The quantitative estimate of drug-likeness (QED) is 0.846. The van der Waals surface area contributed by atoms with E-state index >= 15 is 0 Å². The first-order valence-electron chi connectivity index (χ1n) is 5.49. The predicted molar refractivity (Wildman–Crippen MR) is 81.2 cm³/mol. The van der Waals surface area contributed by atoms with Crippen LogP contribution >= 0.6 is 39.1 Å². The lowest BCUT2D eigenvalue weighted by atomic mass is 10.0. The van der Waals surface area contributed by atoms with E-state index in [0.717, 1.165) is 4.47 Å². The summed E-state index contributed by atoms with van der Waals surface area (Å²) < 4.78 is 5.93. The van der Waals surface area contributed by atoms with Crippen molar-refractivity contribution in [2.45, 2.75) is 6.10 Å². The van der Waals surface area contributed by atoms with Crippen molar-refractivity contribution < 1.29 is 9.84 Å². The Bertz CT molecular complexity index is 602. The molecule has 1 N–H and O–H groups in total. The second kappa shape index (κ2) is 6.14. The molecule has 0 amide bonds. The third-order valence-corrected chi connectivity index (χ3v) is 4.30. The second-order valence-electron chi connectivity index (χ2n) is 3.97. The molecule has 1 atom stereocenters. The van der Waals surface area contributed by atoms with Crippen LogP contribution in [0.25, 0.3) is 0 Å². The van der Waals surface area contributed by atoms with Crippen molar-refractivity contribution in [3.63, 3.8) is 0 Å². The van der Waals surface area contributed by atoms with Gasteiger partial charge in [-0.15, -0.1) is 0 Å². The molecule has 100 valence electrons. The fraction of sp³-hybridized carbons (Fsp3) is 0.143. The molecule has 2 nitrogen and oxygen atoms in total. The normalized spacial score (nSPS) is 12.3. The molecule has 0 fully saturated rings. The van der Waals surface area contributed by atoms with E-state index in [1.165, 1.54) is 7.11 Å². The van der Waals surface area contributed by atoms with Crippen LogP contribution in [0.2, 0.25) is 10.0 Å².